The summed E-state index contributed by atoms with van der Waals surface area (Å²) >= 11 is 0. The van der Waals surface area contributed by atoms with E-state index in [1.165, 1.54) is 6.20 Å². The van der Waals surface area contributed by atoms with Crippen LogP contribution in [0.1, 0.15) is 11.3 Å². The van der Waals surface area contributed by atoms with Crippen LogP contribution in [0.15, 0.2) is 24.9 Å². The van der Waals surface area contributed by atoms with Gasteiger partial charge in [0.15, 0.2) is 11.9 Å². The van der Waals surface area contributed by atoms with Gasteiger partial charge in [-0.1, -0.05) is 12.7 Å². The zero-order valence-electron chi connectivity index (χ0n) is 5.87. The van der Waals surface area contributed by atoms with Gasteiger partial charge < -0.3 is 5.21 Å². The summed E-state index contributed by atoms with van der Waals surface area (Å²) in [6, 6.07) is 3.56. The van der Waals surface area contributed by atoms with Gasteiger partial charge in [-0.05, 0) is 6.07 Å². The second-order valence-electron chi connectivity index (χ2n) is 2.08. The van der Waals surface area contributed by atoms with Gasteiger partial charge in [0.2, 0.25) is 0 Å². The van der Waals surface area contributed by atoms with E-state index in [0.717, 1.165) is 10.3 Å². The molecule has 1 aromatic rings. The highest BCUT2D eigenvalue weighted by Gasteiger charge is 2.00. The Kier molecular flexibility index (Phi) is 1.71. The Morgan fingerprint density at radius 1 is 1.70 bits per heavy atom. The standard InChI is InChI=1S/C8H9NO/c1-3-8-5-4-6-9(10)7(8)2/h3-6H,1H2,2H3. The van der Waals surface area contributed by atoms with Gasteiger partial charge in [-0.25, -0.2) is 0 Å². The fraction of sp³-hybridized carbons (Fsp3) is 0.125. The Bertz CT molecular complexity index is 255. The van der Waals surface area contributed by atoms with Crippen molar-refractivity contribution in [2.75, 3.05) is 0 Å². The Morgan fingerprint density at radius 2 is 2.40 bits per heavy atom. The quantitative estimate of drug-likeness (QED) is 0.421. The number of hydrogen-bond acceptors (Lipinski definition) is 1. The van der Waals surface area contributed by atoms with Crippen molar-refractivity contribution in [3.05, 3.63) is 41.4 Å². The predicted molar refractivity (Wildman–Crippen MR) is 40.2 cm³/mol. The molecule has 2 nitrogen and oxygen atoms in total. The van der Waals surface area contributed by atoms with E-state index in [1.54, 1.807) is 19.1 Å². The number of rotatable bonds is 1. The lowest BCUT2D eigenvalue weighted by molar-refractivity contribution is -0.612. The first-order chi connectivity index (χ1) is 4.75. The molecule has 0 spiro atoms. The Labute approximate surface area is 60.0 Å². The van der Waals surface area contributed by atoms with Crippen molar-refractivity contribution in [3.8, 4) is 0 Å². The highest BCUT2D eigenvalue weighted by Crippen LogP contribution is 2.01. The van der Waals surface area contributed by atoms with Crippen molar-refractivity contribution in [3.63, 3.8) is 0 Å². The van der Waals surface area contributed by atoms with Crippen LogP contribution in [-0.2, 0) is 0 Å². The molecule has 52 valence electrons. The second kappa shape index (κ2) is 2.52. The Hall–Kier alpha value is -1.31. The van der Waals surface area contributed by atoms with Crippen molar-refractivity contribution < 1.29 is 4.73 Å². The summed E-state index contributed by atoms with van der Waals surface area (Å²) in [7, 11) is 0. The smallest absolute Gasteiger partial charge is 0.196 e. The Balaban J connectivity index is 3.27. The zero-order valence-corrected chi connectivity index (χ0v) is 5.87. The molecular formula is C8H9NO. The van der Waals surface area contributed by atoms with Gasteiger partial charge in [0.25, 0.3) is 0 Å². The number of pyridine rings is 1. The van der Waals surface area contributed by atoms with E-state index in [1.807, 2.05) is 6.07 Å². The minimum Gasteiger partial charge on any atom is -0.618 e. The summed E-state index contributed by atoms with van der Waals surface area (Å²) < 4.78 is 0.830. The summed E-state index contributed by atoms with van der Waals surface area (Å²) in [6.07, 6.45) is 3.14. The first-order valence-corrected chi connectivity index (χ1v) is 3.07. The molecule has 0 bridgehead atoms. The van der Waals surface area contributed by atoms with Crippen LogP contribution in [0.5, 0.6) is 0 Å². The van der Waals surface area contributed by atoms with Crippen LogP contribution >= 0.6 is 0 Å². The maximum Gasteiger partial charge on any atom is 0.196 e. The minimum atomic E-state index is 0.692. The van der Waals surface area contributed by atoms with Gasteiger partial charge in [-0.3, -0.25) is 0 Å². The number of nitrogens with zero attached hydrogens (tertiary/aromatic N) is 1. The van der Waals surface area contributed by atoms with Crippen molar-refractivity contribution in [2.45, 2.75) is 6.92 Å². The van der Waals surface area contributed by atoms with Gasteiger partial charge >= 0.3 is 0 Å². The van der Waals surface area contributed by atoms with Crippen LogP contribution in [0.25, 0.3) is 6.08 Å². The summed E-state index contributed by atoms with van der Waals surface area (Å²) in [5.41, 5.74) is 1.58. The molecule has 1 rings (SSSR count). The molecule has 0 saturated carbocycles. The zero-order chi connectivity index (χ0) is 7.56. The molecule has 0 fully saturated rings. The number of aromatic nitrogens is 1. The fourth-order valence-corrected chi connectivity index (χ4v) is 0.800. The molecule has 0 aliphatic rings. The van der Waals surface area contributed by atoms with Crippen LogP contribution < -0.4 is 4.73 Å². The summed E-state index contributed by atoms with van der Waals surface area (Å²) in [5.74, 6) is 0. The SMILES string of the molecule is C=Cc1ccc[n+]([O-])c1C. The average molecular weight is 135 g/mol. The molecule has 10 heavy (non-hydrogen) atoms. The summed E-state index contributed by atoms with van der Waals surface area (Å²) in [6.45, 7) is 5.35. The van der Waals surface area contributed by atoms with E-state index in [-0.39, 0.29) is 0 Å². The molecule has 1 heterocycles. The maximum absolute atomic E-state index is 10.9. The lowest BCUT2D eigenvalue weighted by Gasteiger charge is -2.00. The predicted octanol–water partition coefficient (Wildman–Crippen LogP) is 1.27. The van der Waals surface area contributed by atoms with E-state index in [9.17, 15) is 5.21 Å². The third kappa shape index (κ3) is 1.00. The summed E-state index contributed by atoms with van der Waals surface area (Å²) in [5, 5.41) is 10.9. The van der Waals surface area contributed by atoms with Crippen LogP contribution in [0, 0.1) is 12.1 Å². The lowest BCUT2D eigenvalue weighted by atomic mass is 10.2. The van der Waals surface area contributed by atoms with Crippen LogP contribution in [0.4, 0.5) is 0 Å². The average Bonchev–Trinajstić information content (AvgIpc) is 1.95. The van der Waals surface area contributed by atoms with Gasteiger partial charge in [-0.2, -0.15) is 4.73 Å². The molecule has 1 aromatic heterocycles. The van der Waals surface area contributed by atoms with Gasteiger partial charge in [0.1, 0.15) is 0 Å². The first-order valence-electron chi connectivity index (χ1n) is 3.07. The third-order valence-corrected chi connectivity index (χ3v) is 1.47. The molecular weight excluding hydrogens is 126 g/mol. The highest BCUT2D eigenvalue weighted by atomic mass is 16.5. The van der Waals surface area contributed by atoms with E-state index < -0.39 is 0 Å². The molecule has 0 saturated heterocycles. The first kappa shape index (κ1) is 6.81. The minimum absolute atomic E-state index is 0.692. The maximum atomic E-state index is 10.9. The monoisotopic (exact) mass is 135 g/mol. The molecule has 2 heteroatoms. The van der Waals surface area contributed by atoms with Crippen LogP contribution in [-0.4, -0.2) is 0 Å². The molecule has 0 atom stereocenters. The second-order valence-corrected chi connectivity index (χ2v) is 2.08. The molecule has 0 N–H and O–H groups in total. The molecule has 0 amide bonds. The van der Waals surface area contributed by atoms with Crippen molar-refractivity contribution >= 4 is 6.08 Å². The third-order valence-electron chi connectivity index (χ3n) is 1.47. The molecule has 0 aliphatic carbocycles. The normalized spacial score (nSPS) is 9.30. The van der Waals surface area contributed by atoms with Gasteiger partial charge in [0.05, 0.1) is 0 Å². The van der Waals surface area contributed by atoms with Crippen molar-refractivity contribution in [2.24, 2.45) is 0 Å². The van der Waals surface area contributed by atoms with E-state index in [4.69, 9.17) is 0 Å². The van der Waals surface area contributed by atoms with E-state index >= 15 is 0 Å². The Morgan fingerprint density at radius 3 is 2.90 bits per heavy atom. The fourth-order valence-electron chi connectivity index (χ4n) is 0.800. The molecule has 0 radical (unpaired) electrons. The van der Waals surface area contributed by atoms with Gasteiger partial charge in [-0.15, -0.1) is 0 Å². The van der Waals surface area contributed by atoms with E-state index in [0.29, 0.717) is 5.69 Å². The van der Waals surface area contributed by atoms with Crippen molar-refractivity contribution in [1.29, 1.82) is 0 Å². The van der Waals surface area contributed by atoms with Crippen LogP contribution in [0.2, 0.25) is 0 Å². The largest absolute Gasteiger partial charge is 0.618 e. The molecule has 0 aromatic carbocycles. The van der Waals surface area contributed by atoms with Crippen molar-refractivity contribution in [1.82, 2.24) is 0 Å². The molecule has 0 aliphatic heterocycles. The summed E-state index contributed by atoms with van der Waals surface area (Å²) in [4.78, 5) is 0. The van der Waals surface area contributed by atoms with Crippen LogP contribution in [0.3, 0.4) is 0 Å². The molecule has 0 unspecified atom stereocenters. The topological polar surface area (TPSA) is 26.9 Å². The van der Waals surface area contributed by atoms with E-state index in [2.05, 4.69) is 6.58 Å². The van der Waals surface area contributed by atoms with Gasteiger partial charge in [0, 0.05) is 18.6 Å². The highest BCUT2D eigenvalue weighted by molar-refractivity contribution is 5.47. The lowest BCUT2D eigenvalue weighted by Crippen LogP contribution is -2.29. The number of hydrogen-bond donors (Lipinski definition) is 0.